The van der Waals surface area contributed by atoms with Crippen molar-refractivity contribution in [3.8, 4) is 11.5 Å². The van der Waals surface area contributed by atoms with E-state index in [1.807, 2.05) is 43.3 Å². The van der Waals surface area contributed by atoms with Gasteiger partial charge >= 0.3 is 0 Å². The van der Waals surface area contributed by atoms with Crippen molar-refractivity contribution >= 4 is 27.0 Å². The molecule has 1 aromatic heterocycles. The zero-order valence-electron chi connectivity index (χ0n) is 18.5. The van der Waals surface area contributed by atoms with E-state index < -0.39 is 0 Å². The summed E-state index contributed by atoms with van der Waals surface area (Å²) < 4.78 is 12.9. The molecule has 0 saturated carbocycles. The van der Waals surface area contributed by atoms with Crippen LogP contribution in [0.4, 0.5) is 0 Å². The van der Waals surface area contributed by atoms with Gasteiger partial charge in [0.15, 0.2) is 11.5 Å². The van der Waals surface area contributed by atoms with Crippen LogP contribution in [0.1, 0.15) is 29.4 Å². The normalized spacial score (nSPS) is 11.1. The Hall–Kier alpha value is -2.83. The maximum atomic E-state index is 6.08. The van der Waals surface area contributed by atoms with Crippen LogP contribution in [-0.4, -0.2) is 23.1 Å². The third kappa shape index (κ3) is 5.69. The topological polar surface area (TPSA) is 59.2 Å². The summed E-state index contributed by atoms with van der Waals surface area (Å²) in [5.41, 5.74) is 5.58. The van der Waals surface area contributed by atoms with Crippen molar-refractivity contribution < 1.29 is 9.47 Å². The summed E-state index contributed by atoms with van der Waals surface area (Å²) >= 11 is 3.69. The molecule has 32 heavy (non-hydrogen) atoms. The first-order valence-electron chi connectivity index (χ1n) is 10.9. The molecule has 0 bridgehead atoms. The Bertz CT molecular complexity index is 1140. The number of H-pyrrole nitrogens is 1. The number of halogens is 1. The number of nitrogens with zero attached hydrogens (tertiary/aromatic N) is 1. The summed E-state index contributed by atoms with van der Waals surface area (Å²) in [5, 5.41) is 3.50. The maximum absolute atomic E-state index is 6.08. The van der Waals surface area contributed by atoms with Crippen molar-refractivity contribution in [2.75, 3.05) is 13.2 Å². The smallest absolute Gasteiger partial charge is 0.162 e. The van der Waals surface area contributed by atoms with Crippen LogP contribution in [0.5, 0.6) is 11.5 Å². The van der Waals surface area contributed by atoms with Crippen LogP contribution in [0.3, 0.4) is 0 Å². The first kappa shape index (κ1) is 22.4. The fraction of sp³-hybridized carbons (Fsp3) is 0.269. The molecule has 0 aliphatic rings. The van der Waals surface area contributed by atoms with Crippen molar-refractivity contribution in [1.29, 1.82) is 0 Å². The molecule has 166 valence electrons. The van der Waals surface area contributed by atoms with E-state index in [1.165, 1.54) is 5.56 Å². The number of fused-ring (bicyclic) bond motifs is 1. The third-order valence-corrected chi connectivity index (χ3v) is 5.96. The van der Waals surface area contributed by atoms with Crippen LogP contribution in [0.25, 0.3) is 11.0 Å². The Kier molecular flexibility index (Phi) is 7.45. The van der Waals surface area contributed by atoms with Gasteiger partial charge < -0.3 is 19.8 Å². The van der Waals surface area contributed by atoms with Crippen molar-refractivity contribution in [3.05, 3.63) is 87.7 Å². The highest BCUT2D eigenvalue weighted by Gasteiger charge is 2.12. The molecule has 0 fully saturated rings. The molecule has 6 heteroatoms. The van der Waals surface area contributed by atoms with E-state index >= 15 is 0 Å². The van der Waals surface area contributed by atoms with Crippen molar-refractivity contribution in [3.63, 3.8) is 0 Å². The molecule has 5 nitrogen and oxygen atoms in total. The van der Waals surface area contributed by atoms with E-state index in [1.54, 1.807) is 0 Å². The Morgan fingerprint density at radius 2 is 1.78 bits per heavy atom. The average Bonchev–Trinajstić information content (AvgIpc) is 3.21. The van der Waals surface area contributed by atoms with E-state index in [2.05, 4.69) is 62.4 Å². The number of nitrogens with one attached hydrogen (secondary N) is 2. The number of rotatable bonds is 10. The lowest BCUT2D eigenvalue weighted by molar-refractivity contribution is 0.269. The quantitative estimate of drug-likeness (QED) is 0.268. The van der Waals surface area contributed by atoms with Gasteiger partial charge in [-0.25, -0.2) is 4.98 Å². The number of hydrogen-bond donors (Lipinski definition) is 2. The number of aryl methyl sites for hydroxylation is 1. The number of hydrogen-bond acceptors (Lipinski definition) is 4. The van der Waals surface area contributed by atoms with Gasteiger partial charge in [0.25, 0.3) is 0 Å². The standard InChI is InChI=1S/C26H28BrN3O2/c1-3-31-24-14-20(16-28-13-12-26-29-22-6-4-5-7-23(22)30-26)21(27)15-25(24)32-17-19-10-8-18(2)9-11-19/h4-11,14-15,28H,3,12-13,16-17H2,1-2H3,(H,29,30). The highest BCUT2D eigenvalue weighted by atomic mass is 79.9. The SMILES string of the molecule is CCOc1cc(CNCCc2nc3ccccc3[nH]2)c(Br)cc1OCc1ccc(C)cc1. The number of aromatic amines is 1. The predicted octanol–water partition coefficient (Wildman–Crippen LogP) is 5.94. The predicted molar refractivity (Wildman–Crippen MR) is 132 cm³/mol. The van der Waals surface area contributed by atoms with Gasteiger partial charge in [-0.3, -0.25) is 0 Å². The lowest BCUT2D eigenvalue weighted by atomic mass is 10.1. The van der Waals surface area contributed by atoms with Gasteiger partial charge in [-0.2, -0.15) is 0 Å². The van der Waals surface area contributed by atoms with Gasteiger partial charge in [0.05, 0.1) is 17.6 Å². The van der Waals surface area contributed by atoms with Crippen LogP contribution < -0.4 is 14.8 Å². The molecule has 0 unspecified atom stereocenters. The second-order valence-electron chi connectivity index (χ2n) is 7.73. The Balaban J connectivity index is 1.36. The van der Waals surface area contributed by atoms with Crippen LogP contribution in [0.15, 0.2) is 65.1 Å². The van der Waals surface area contributed by atoms with Crippen LogP contribution in [0, 0.1) is 6.92 Å². The maximum Gasteiger partial charge on any atom is 0.162 e. The number of ether oxygens (including phenoxy) is 2. The monoisotopic (exact) mass is 493 g/mol. The molecule has 4 aromatic rings. The minimum Gasteiger partial charge on any atom is -0.490 e. The summed E-state index contributed by atoms with van der Waals surface area (Å²) in [7, 11) is 0. The molecule has 0 atom stereocenters. The van der Waals surface area contributed by atoms with Crippen LogP contribution in [-0.2, 0) is 19.6 Å². The summed E-state index contributed by atoms with van der Waals surface area (Å²) in [6.45, 7) is 6.69. The first-order valence-corrected chi connectivity index (χ1v) is 11.7. The molecule has 2 N–H and O–H groups in total. The van der Waals surface area contributed by atoms with Crippen LogP contribution >= 0.6 is 15.9 Å². The van der Waals surface area contributed by atoms with Gasteiger partial charge in [-0.1, -0.05) is 57.9 Å². The van der Waals surface area contributed by atoms with Gasteiger partial charge in [0.2, 0.25) is 0 Å². The van der Waals surface area contributed by atoms with Crippen molar-refractivity contribution in [2.45, 2.75) is 33.4 Å². The number of benzene rings is 3. The van der Waals surface area contributed by atoms with Gasteiger partial charge in [0.1, 0.15) is 12.4 Å². The summed E-state index contributed by atoms with van der Waals surface area (Å²) in [6, 6.07) is 20.5. The van der Waals surface area contributed by atoms with E-state index in [4.69, 9.17) is 9.47 Å². The highest BCUT2D eigenvalue weighted by molar-refractivity contribution is 9.10. The summed E-state index contributed by atoms with van der Waals surface area (Å²) in [4.78, 5) is 8.01. The van der Waals surface area contributed by atoms with E-state index in [-0.39, 0.29) is 0 Å². The minimum atomic E-state index is 0.502. The fourth-order valence-corrected chi connectivity index (χ4v) is 3.96. The summed E-state index contributed by atoms with van der Waals surface area (Å²) in [6.07, 6.45) is 0.836. The average molecular weight is 494 g/mol. The van der Waals surface area contributed by atoms with Crippen LogP contribution in [0.2, 0.25) is 0 Å². The number of para-hydroxylation sites is 2. The lowest BCUT2D eigenvalue weighted by Crippen LogP contribution is -2.17. The molecule has 4 rings (SSSR count). The van der Waals surface area contributed by atoms with Crippen molar-refractivity contribution in [2.24, 2.45) is 0 Å². The molecule has 0 spiro atoms. The molecule has 1 heterocycles. The second-order valence-corrected chi connectivity index (χ2v) is 8.58. The number of aromatic nitrogens is 2. The molecule has 0 radical (unpaired) electrons. The Morgan fingerprint density at radius 3 is 2.56 bits per heavy atom. The Morgan fingerprint density at radius 1 is 1.00 bits per heavy atom. The molecule has 0 aliphatic heterocycles. The minimum absolute atomic E-state index is 0.502. The largest absolute Gasteiger partial charge is 0.490 e. The molecule has 0 aliphatic carbocycles. The molecule has 3 aromatic carbocycles. The summed E-state index contributed by atoms with van der Waals surface area (Å²) in [5.74, 6) is 2.50. The zero-order valence-corrected chi connectivity index (χ0v) is 20.0. The van der Waals surface area contributed by atoms with E-state index in [9.17, 15) is 0 Å². The Labute approximate surface area is 197 Å². The van der Waals surface area contributed by atoms with Gasteiger partial charge in [0, 0.05) is 24.0 Å². The highest BCUT2D eigenvalue weighted by Crippen LogP contribution is 2.34. The van der Waals surface area contributed by atoms with E-state index in [0.717, 1.165) is 63.5 Å². The third-order valence-electron chi connectivity index (χ3n) is 5.22. The molecule has 0 amide bonds. The number of imidazole rings is 1. The van der Waals surface area contributed by atoms with Gasteiger partial charge in [-0.05, 0) is 49.2 Å². The molecular formula is C26H28BrN3O2. The van der Waals surface area contributed by atoms with E-state index in [0.29, 0.717) is 13.2 Å². The second kappa shape index (κ2) is 10.7. The first-order chi connectivity index (χ1) is 15.6. The molecular weight excluding hydrogens is 466 g/mol. The zero-order chi connectivity index (χ0) is 22.3. The fourth-order valence-electron chi connectivity index (χ4n) is 3.49. The molecule has 0 saturated heterocycles. The lowest BCUT2D eigenvalue weighted by Gasteiger charge is -2.15. The van der Waals surface area contributed by atoms with Crippen molar-refractivity contribution in [1.82, 2.24) is 15.3 Å². The van der Waals surface area contributed by atoms with Gasteiger partial charge in [-0.15, -0.1) is 0 Å².